The quantitative estimate of drug-likeness (QED) is 0.251. The van der Waals surface area contributed by atoms with Gasteiger partial charge in [0.15, 0.2) is 11.5 Å². The predicted molar refractivity (Wildman–Crippen MR) is 110 cm³/mol. The van der Waals surface area contributed by atoms with E-state index in [1.54, 1.807) is 6.07 Å². The van der Waals surface area contributed by atoms with Gasteiger partial charge in [-0.1, -0.05) is 30.8 Å². The second-order valence-corrected chi connectivity index (χ2v) is 6.97. The Kier molecular flexibility index (Phi) is 6.54. The maximum Gasteiger partial charge on any atom is 0.412 e. The average Bonchev–Trinajstić information content (AvgIpc) is 3.69. The van der Waals surface area contributed by atoms with Crippen LogP contribution >= 0.6 is 0 Å². The summed E-state index contributed by atoms with van der Waals surface area (Å²) in [6, 6.07) is 9.18. The van der Waals surface area contributed by atoms with Crippen LogP contribution in [-0.4, -0.2) is 63.8 Å². The van der Waals surface area contributed by atoms with Gasteiger partial charge in [0.2, 0.25) is 0 Å². The summed E-state index contributed by atoms with van der Waals surface area (Å²) in [5.74, 6) is 0.633. The van der Waals surface area contributed by atoms with Crippen LogP contribution < -0.4 is 19.5 Å². The SMILES string of the molecule is C=CC(=O)OCCNC(=O)Oc1cc(OCC2CO2)c2ccccc2c1OCC1CO1. The van der Waals surface area contributed by atoms with Gasteiger partial charge in [-0.05, 0) is 0 Å². The number of rotatable bonds is 11. The molecule has 164 valence electrons. The van der Waals surface area contributed by atoms with Gasteiger partial charge in [-0.3, -0.25) is 0 Å². The Balaban J connectivity index is 1.52. The summed E-state index contributed by atoms with van der Waals surface area (Å²) < 4.78 is 32.6. The van der Waals surface area contributed by atoms with E-state index in [9.17, 15) is 9.59 Å². The normalized spacial score (nSPS) is 18.7. The molecule has 0 saturated carbocycles. The highest BCUT2D eigenvalue weighted by Gasteiger charge is 2.27. The molecule has 2 fully saturated rings. The van der Waals surface area contributed by atoms with Crippen molar-refractivity contribution in [2.45, 2.75) is 12.2 Å². The van der Waals surface area contributed by atoms with Gasteiger partial charge in [0.25, 0.3) is 0 Å². The first-order valence-corrected chi connectivity index (χ1v) is 9.93. The van der Waals surface area contributed by atoms with Crippen molar-refractivity contribution in [1.29, 1.82) is 0 Å². The van der Waals surface area contributed by atoms with Gasteiger partial charge in [0.05, 0.1) is 19.8 Å². The van der Waals surface area contributed by atoms with E-state index in [0.717, 1.165) is 16.8 Å². The van der Waals surface area contributed by atoms with Crippen molar-refractivity contribution in [2.24, 2.45) is 0 Å². The number of benzene rings is 2. The summed E-state index contributed by atoms with van der Waals surface area (Å²) in [6.07, 6.45) is 0.443. The molecular weight excluding hydrogens is 406 g/mol. The number of esters is 1. The Morgan fingerprint density at radius 3 is 2.42 bits per heavy atom. The number of carbonyl (C=O) groups is 2. The Hall–Kier alpha value is -3.30. The van der Waals surface area contributed by atoms with Crippen LogP contribution in [0.4, 0.5) is 4.79 Å². The minimum Gasteiger partial charge on any atom is -0.490 e. The van der Waals surface area contributed by atoms with Crippen molar-refractivity contribution in [3.05, 3.63) is 43.0 Å². The monoisotopic (exact) mass is 429 g/mol. The average molecular weight is 429 g/mol. The van der Waals surface area contributed by atoms with E-state index in [1.165, 1.54) is 0 Å². The fourth-order valence-corrected chi connectivity index (χ4v) is 2.82. The fraction of sp³-hybridized carbons (Fsp3) is 0.364. The van der Waals surface area contributed by atoms with Gasteiger partial charge < -0.3 is 33.7 Å². The summed E-state index contributed by atoms with van der Waals surface area (Å²) in [5, 5.41) is 4.11. The highest BCUT2D eigenvalue weighted by Crippen LogP contribution is 2.42. The molecule has 9 heteroatoms. The van der Waals surface area contributed by atoms with Crippen molar-refractivity contribution in [3.8, 4) is 17.2 Å². The van der Waals surface area contributed by atoms with Crippen LogP contribution in [0.3, 0.4) is 0 Å². The van der Waals surface area contributed by atoms with Crippen LogP contribution in [0.2, 0.25) is 0 Å². The number of fused-ring (bicyclic) bond motifs is 1. The molecule has 0 radical (unpaired) electrons. The van der Waals surface area contributed by atoms with Crippen molar-refractivity contribution in [3.63, 3.8) is 0 Å². The molecule has 1 N–H and O–H groups in total. The maximum absolute atomic E-state index is 12.3. The Morgan fingerprint density at radius 2 is 1.74 bits per heavy atom. The summed E-state index contributed by atoms with van der Waals surface area (Å²) in [6.45, 7) is 5.44. The van der Waals surface area contributed by atoms with E-state index in [4.69, 9.17) is 28.4 Å². The molecule has 2 atom stereocenters. The lowest BCUT2D eigenvalue weighted by atomic mass is 10.1. The van der Waals surface area contributed by atoms with Crippen LogP contribution in [0.15, 0.2) is 43.0 Å². The molecule has 2 unspecified atom stereocenters. The predicted octanol–water partition coefficient (Wildman–Crippen LogP) is 2.21. The molecule has 2 saturated heterocycles. The molecule has 4 rings (SSSR count). The number of nitrogens with one attached hydrogen (secondary N) is 1. The number of hydrogen-bond acceptors (Lipinski definition) is 8. The maximum atomic E-state index is 12.3. The van der Waals surface area contributed by atoms with Gasteiger partial charge in [0.1, 0.15) is 37.8 Å². The minimum atomic E-state index is -0.714. The molecule has 2 aliphatic heterocycles. The zero-order valence-corrected chi connectivity index (χ0v) is 16.8. The Labute approximate surface area is 178 Å². The number of amides is 1. The molecule has 1 amide bonds. The van der Waals surface area contributed by atoms with E-state index in [-0.39, 0.29) is 31.1 Å². The smallest absolute Gasteiger partial charge is 0.412 e. The van der Waals surface area contributed by atoms with Crippen molar-refractivity contribution in [1.82, 2.24) is 5.32 Å². The van der Waals surface area contributed by atoms with E-state index < -0.39 is 12.1 Å². The number of carbonyl (C=O) groups excluding carboxylic acids is 2. The van der Waals surface area contributed by atoms with Crippen molar-refractivity contribution >= 4 is 22.8 Å². The third-order valence-corrected chi connectivity index (χ3v) is 4.55. The molecule has 2 aliphatic rings. The topological polar surface area (TPSA) is 108 Å². The lowest BCUT2D eigenvalue weighted by Gasteiger charge is -2.17. The lowest BCUT2D eigenvalue weighted by molar-refractivity contribution is -0.137. The van der Waals surface area contributed by atoms with E-state index >= 15 is 0 Å². The first-order valence-electron chi connectivity index (χ1n) is 9.93. The number of epoxide rings is 2. The summed E-state index contributed by atoms with van der Waals surface area (Å²) in [7, 11) is 0. The van der Waals surface area contributed by atoms with E-state index in [0.29, 0.717) is 37.9 Å². The Bertz CT molecular complexity index is 967. The lowest BCUT2D eigenvalue weighted by Crippen LogP contribution is -2.30. The zero-order chi connectivity index (χ0) is 21.6. The number of hydrogen-bond donors (Lipinski definition) is 1. The standard InChI is InChI=1S/C22H23NO8/c1-2-20(24)26-8-7-23-22(25)31-19-9-18(29-12-14-10-27-14)16-5-3-4-6-17(16)21(19)30-13-15-11-28-15/h2-6,9,14-15H,1,7-8,10-13H2,(H,23,25). The minimum absolute atomic E-state index is 0.00417. The molecule has 0 spiro atoms. The van der Waals surface area contributed by atoms with Crippen LogP contribution in [-0.2, 0) is 19.0 Å². The largest absolute Gasteiger partial charge is 0.490 e. The van der Waals surface area contributed by atoms with Gasteiger partial charge in [-0.25, -0.2) is 9.59 Å². The van der Waals surface area contributed by atoms with E-state index in [2.05, 4.69) is 11.9 Å². The molecule has 0 aromatic heterocycles. The van der Waals surface area contributed by atoms with Gasteiger partial charge in [-0.15, -0.1) is 0 Å². The number of ether oxygens (including phenoxy) is 6. The van der Waals surface area contributed by atoms with Gasteiger partial charge in [-0.2, -0.15) is 0 Å². The molecule has 0 bridgehead atoms. The van der Waals surface area contributed by atoms with E-state index in [1.807, 2.05) is 24.3 Å². The molecule has 9 nitrogen and oxygen atoms in total. The molecular formula is C22H23NO8. The van der Waals surface area contributed by atoms with Crippen LogP contribution in [0.5, 0.6) is 17.2 Å². The van der Waals surface area contributed by atoms with Crippen LogP contribution in [0.1, 0.15) is 0 Å². The second-order valence-electron chi connectivity index (χ2n) is 6.97. The molecule has 2 aromatic rings. The Morgan fingerprint density at radius 1 is 1.06 bits per heavy atom. The second kappa shape index (κ2) is 9.67. The van der Waals surface area contributed by atoms with Crippen molar-refractivity contribution in [2.75, 3.05) is 39.6 Å². The first kappa shape index (κ1) is 21.0. The highest BCUT2D eigenvalue weighted by atomic mass is 16.6. The van der Waals surface area contributed by atoms with Crippen molar-refractivity contribution < 1.29 is 38.0 Å². The molecule has 31 heavy (non-hydrogen) atoms. The van der Waals surface area contributed by atoms with Gasteiger partial charge in [0, 0.05) is 22.9 Å². The molecule has 2 aromatic carbocycles. The third-order valence-electron chi connectivity index (χ3n) is 4.55. The first-order chi connectivity index (χ1) is 15.1. The molecule has 0 aliphatic carbocycles. The fourth-order valence-electron chi connectivity index (χ4n) is 2.82. The summed E-state index contributed by atoms with van der Waals surface area (Å²) >= 11 is 0. The third kappa shape index (κ3) is 5.87. The summed E-state index contributed by atoms with van der Waals surface area (Å²) in [4.78, 5) is 23.4. The molecule has 2 heterocycles. The zero-order valence-electron chi connectivity index (χ0n) is 16.8. The van der Waals surface area contributed by atoms with Crippen LogP contribution in [0.25, 0.3) is 10.8 Å². The highest BCUT2D eigenvalue weighted by molar-refractivity contribution is 5.96. The summed E-state index contributed by atoms with van der Waals surface area (Å²) in [5.41, 5.74) is 0. The van der Waals surface area contributed by atoms with Gasteiger partial charge >= 0.3 is 12.1 Å². The van der Waals surface area contributed by atoms with Crippen LogP contribution in [0, 0.1) is 0 Å².